The Morgan fingerprint density at radius 3 is 3.00 bits per heavy atom. The molecule has 1 heterocycles. The molecule has 1 aliphatic rings. The van der Waals surface area contributed by atoms with Crippen LogP contribution in [0, 0.1) is 5.92 Å². The minimum absolute atomic E-state index is 0.190. The molecular weight excluding hydrogens is 168 g/mol. The van der Waals surface area contributed by atoms with E-state index in [9.17, 15) is 4.79 Å². The van der Waals surface area contributed by atoms with Crippen LogP contribution in [0.3, 0.4) is 0 Å². The van der Waals surface area contributed by atoms with Crippen LogP contribution in [-0.4, -0.2) is 42.2 Å². The van der Waals surface area contributed by atoms with E-state index in [-0.39, 0.29) is 12.5 Å². The number of rotatable bonds is 3. The Kier molecular flexibility index (Phi) is 3.69. The Bertz CT molecular complexity index is 184. The molecule has 0 aromatic rings. The summed E-state index contributed by atoms with van der Waals surface area (Å²) in [6.07, 6.45) is 1.94. The van der Waals surface area contributed by atoms with Crippen LogP contribution in [-0.2, 0) is 4.79 Å². The van der Waals surface area contributed by atoms with Crippen LogP contribution in [0.2, 0.25) is 0 Å². The highest BCUT2D eigenvalue weighted by atomic mass is 16.4. The largest absolute Gasteiger partial charge is 0.481 e. The van der Waals surface area contributed by atoms with Crippen molar-refractivity contribution in [1.29, 1.82) is 0 Å². The first kappa shape index (κ1) is 10.5. The van der Waals surface area contributed by atoms with Crippen LogP contribution in [0.15, 0.2) is 0 Å². The number of hydrogen-bond donors (Lipinski definition) is 2. The lowest BCUT2D eigenvalue weighted by molar-refractivity contribution is -0.137. The molecule has 0 radical (unpaired) electrons. The van der Waals surface area contributed by atoms with Crippen LogP contribution in [0.25, 0.3) is 0 Å². The molecule has 1 rings (SSSR count). The van der Waals surface area contributed by atoms with Gasteiger partial charge in [-0.05, 0) is 32.4 Å². The van der Waals surface area contributed by atoms with Crippen molar-refractivity contribution in [2.75, 3.05) is 20.1 Å². The molecule has 13 heavy (non-hydrogen) atoms. The van der Waals surface area contributed by atoms with Crippen molar-refractivity contribution in [1.82, 2.24) is 4.90 Å². The zero-order chi connectivity index (χ0) is 9.84. The van der Waals surface area contributed by atoms with Crippen molar-refractivity contribution in [2.45, 2.75) is 25.3 Å². The summed E-state index contributed by atoms with van der Waals surface area (Å²) in [5.74, 6) is -0.365. The third-order valence-electron chi connectivity index (χ3n) is 2.72. The highest BCUT2D eigenvalue weighted by molar-refractivity contribution is 5.66. The summed E-state index contributed by atoms with van der Waals surface area (Å²) in [4.78, 5) is 12.6. The number of carboxylic acid groups (broad SMARTS) is 1. The van der Waals surface area contributed by atoms with E-state index >= 15 is 0 Å². The maximum absolute atomic E-state index is 10.4. The van der Waals surface area contributed by atoms with Gasteiger partial charge in [0.25, 0.3) is 0 Å². The average molecular weight is 186 g/mol. The molecule has 0 aliphatic carbocycles. The van der Waals surface area contributed by atoms with Crippen molar-refractivity contribution in [3.8, 4) is 0 Å². The van der Waals surface area contributed by atoms with Gasteiger partial charge in [0, 0.05) is 19.0 Å². The Balaban J connectivity index is 2.33. The number of nitrogens with two attached hydrogens (primary N) is 1. The maximum atomic E-state index is 10.4. The monoisotopic (exact) mass is 186 g/mol. The first-order valence-corrected chi connectivity index (χ1v) is 4.75. The van der Waals surface area contributed by atoms with Gasteiger partial charge in [-0.2, -0.15) is 0 Å². The van der Waals surface area contributed by atoms with Crippen LogP contribution in [0.1, 0.15) is 19.3 Å². The fourth-order valence-electron chi connectivity index (χ4n) is 1.85. The molecule has 0 spiro atoms. The molecule has 3 N–H and O–H groups in total. The van der Waals surface area contributed by atoms with Gasteiger partial charge >= 0.3 is 5.97 Å². The molecule has 0 saturated carbocycles. The van der Waals surface area contributed by atoms with Crippen LogP contribution in [0.4, 0.5) is 0 Å². The fraction of sp³-hybridized carbons (Fsp3) is 0.889. The van der Waals surface area contributed by atoms with Crippen molar-refractivity contribution in [3.63, 3.8) is 0 Å². The van der Waals surface area contributed by atoms with E-state index in [1.165, 1.54) is 0 Å². The molecule has 4 heteroatoms. The molecule has 0 amide bonds. The van der Waals surface area contributed by atoms with Crippen molar-refractivity contribution >= 4 is 5.97 Å². The topological polar surface area (TPSA) is 66.6 Å². The molecule has 0 unspecified atom stereocenters. The molecule has 1 fully saturated rings. The number of carboxylic acids is 1. The van der Waals surface area contributed by atoms with Gasteiger partial charge in [-0.1, -0.05) is 0 Å². The van der Waals surface area contributed by atoms with E-state index in [1.807, 2.05) is 0 Å². The van der Waals surface area contributed by atoms with Gasteiger partial charge in [-0.3, -0.25) is 4.79 Å². The molecule has 76 valence electrons. The van der Waals surface area contributed by atoms with E-state index in [2.05, 4.69) is 11.9 Å². The average Bonchev–Trinajstić information content (AvgIpc) is 2.06. The Hall–Kier alpha value is -0.610. The van der Waals surface area contributed by atoms with Crippen molar-refractivity contribution in [3.05, 3.63) is 0 Å². The van der Waals surface area contributed by atoms with E-state index in [1.54, 1.807) is 0 Å². The number of aliphatic carboxylic acids is 1. The van der Waals surface area contributed by atoms with E-state index < -0.39 is 5.97 Å². The predicted molar refractivity (Wildman–Crippen MR) is 50.4 cm³/mol. The van der Waals surface area contributed by atoms with Crippen LogP contribution >= 0.6 is 0 Å². The van der Waals surface area contributed by atoms with E-state index in [0.717, 1.165) is 19.5 Å². The minimum atomic E-state index is -0.722. The smallest absolute Gasteiger partial charge is 0.303 e. The van der Waals surface area contributed by atoms with Gasteiger partial charge in [-0.25, -0.2) is 0 Å². The van der Waals surface area contributed by atoms with Crippen LogP contribution in [0.5, 0.6) is 0 Å². The number of nitrogens with zero attached hydrogens (tertiary/aromatic N) is 1. The van der Waals surface area contributed by atoms with Gasteiger partial charge in [0.1, 0.15) is 0 Å². The summed E-state index contributed by atoms with van der Waals surface area (Å²) in [6, 6.07) is 0.190. The summed E-state index contributed by atoms with van der Waals surface area (Å²) in [5, 5.41) is 8.54. The molecule has 0 aromatic carbocycles. The predicted octanol–water partition coefficient (Wildman–Crippen LogP) is 0.130. The quantitative estimate of drug-likeness (QED) is 0.657. The number of carbonyl (C=O) groups is 1. The lowest BCUT2D eigenvalue weighted by Crippen LogP contribution is -2.45. The fourth-order valence-corrected chi connectivity index (χ4v) is 1.85. The van der Waals surface area contributed by atoms with Gasteiger partial charge in [-0.15, -0.1) is 0 Å². The second-order valence-electron chi connectivity index (χ2n) is 3.91. The Labute approximate surface area is 78.7 Å². The minimum Gasteiger partial charge on any atom is -0.481 e. The van der Waals surface area contributed by atoms with E-state index in [0.29, 0.717) is 12.3 Å². The maximum Gasteiger partial charge on any atom is 0.303 e. The van der Waals surface area contributed by atoms with Crippen molar-refractivity contribution in [2.24, 2.45) is 11.7 Å². The Morgan fingerprint density at radius 2 is 2.38 bits per heavy atom. The lowest BCUT2D eigenvalue weighted by atomic mass is 9.89. The van der Waals surface area contributed by atoms with Gasteiger partial charge in [0.15, 0.2) is 0 Å². The third-order valence-corrected chi connectivity index (χ3v) is 2.72. The molecular formula is C9H18N2O2. The highest BCUT2D eigenvalue weighted by Gasteiger charge is 2.24. The zero-order valence-corrected chi connectivity index (χ0v) is 8.07. The highest BCUT2D eigenvalue weighted by Crippen LogP contribution is 2.18. The molecule has 0 aromatic heterocycles. The summed E-state index contributed by atoms with van der Waals surface area (Å²) in [7, 11) is 2.06. The molecule has 1 aliphatic heterocycles. The number of likely N-dealkylation sites (tertiary alicyclic amines) is 1. The van der Waals surface area contributed by atoms with Gasteiger partial charge < -0.3 is 15.7 Å². The normalized spacial score (nSPS) is 30.3. The molecule has 4 nitrogen and oxygen atoms in total. The second-order valence-corrected chi connectivity index (χ2v) is 3.91. The summed E-state index contributed by atoms with van der Waals surface area (Å²) >= 11 is 0. The summed E-state index contributed by atoms with van der Waals surface area (Å²) in [5.41, 5.74) is 5.91. The first-order valence-electron chi connectivity index (χ1n) is 4.75. The van der Waals surface area contributed by atoms with Crippen LogP contribution < -0.4 is 5.73 Å². The summed E-state index contributed by atoms with van der Waals surface area (Å²) < 4.78 is 0. The first-order chi connectivity index (χ1) is 6.09. The Morgan fingerprint density at radius 1 is 1.69 bits per heavy atom. The second kappa shape index (κ2) is 4.58. The molecule has 0 bridgehead atoms. The van der Waals surface area contributed by atoms with E-state index in [4.69, 9.17) is 10.8 Å². The summed E-state index contributed by atoms with van der Waals surface area (Å²) in [6.45, 7) is 1.97. The van der Waals surface area contributed by atoms with Gasteiger partial charge in [0.05, 0.1) is 0 Å². The number of piperidine rings is 1. The van der Waals surface area contributed by atoms with Crippen molar-refractivity contribution < 1.29 is 9.90 Å². The lowest BCUT2D eigenvalue weighted by Gasteiger charge is -2.34. The molecule has 1 saturated heterocycles. The number of hydrogen-bond acceptors (Lipinski definition) is 3. The third kappa shape index (κ3) is 3.32. The standard InChI is InChI=1S/C9H18N2O2/c1-11-5-4-8(10)7(6-11)2-3-9(12)13/h7-8H,2-6,10H2,1H3,(H,12,13)/t7-,8+/m0/s1. The van der Waals surface area contributed by atoms with Gasteiger partial charge in [0.2, 0.25) is 0 Å². The molecule has 2 atom stereocenters. The SMILES string of the molecule is CN1CC[C@@H](N)[C@@H](CCC(=O)O)C1. The zero-order valence-electron chi connectivity index (χ0n) is 8.07.